The molecule has 3 heterocycles. The normalized spacial score (nSPS) is 18.8. The number of halogens is 8. The number of rotatable bonds is 5. The molecule has 0 bridgehead atoms. The van der Waals surface area contributed by atoms with Crippen LogP contribution in [0.1, 0.15) is 34.3 Å². The number of nitrogens with zero attached hydrogens (tertiary/aromatic N) is 4. The lowest BCUT2D eigenvalue weighted by atomic mass is 10.0. The third-order valence-electron chi connectivity index (χ3n) is 9.28. The maximum absolute atomic E-state index is 14.4. The number of alkyl halides is 6. The molecule has 0 aromatic heterocycles. The van der Waals surface area contributed by atoms with Crippen LogP contribution in [0.15, 0.2) is 59.5 Å². The minimum atomic E-state index is -4.65. The van der Waals surface area contributed by atoms with Crippen molar-refractivity contribution in [1.82, 2.24) is 10.2 Å². The molecule has 1 unspecified atom stereocenters. The predicted octanol–water partition coefficient (Wildman–Crippen LogP) is 5.43. The molecule has 53 heavy (non-hydrogen) atoms. The fourth-order valence-corrected chi connectivity index (χ4v) is 7.12. The molecule has 3 aliphatic rings. The number of anilines is 3. The number of carbonyl (C=O) groups excluding carboxylic acids is 1. The maximum Gasteiger partial charge on any atom is 0.416 e. The van der Waals surface area contributed by atoms with Gasteiger partial charge in [-0.25, -0.2) is 17.2 Å². The van der Waals surface area contributed by atoms with Crippen LogP contribution in [0.5, 0.6) is 0 Å². The van der Waals surface area contributed by atoms with Crippen molar-refractivity contribution in [3.8, 4) is 0 Å². The van der Waals surface area contributed by atoms with Crippen LogP contribution < -0.4 is 20.0 Å². The topological polar surface area (TPSA) is 96.4 Å². The van der Waals surface area contributed by atoms with E-state index in [4.69, 9.17) is 0 Å². The first kappa shape index (κ1) is 40.0. The van der Waals surface area contributed by atoms with E-state index in [1.165, 1.54) is 23.1 Å². The molecule has 3 saturated heterocycles. The zero-order valence-corrected chi connectivity index (χ0v) is 29.5. The summed E-state index contributed by atoms with van der Waals surface area (Å²) in [6, 6.07) is 9.40. The van der Waals surface area contributed by atoms with Crippen molar-refractivity contribution in [2.45, 2.75) is 36.2 Å². The van der Waals surface area contributed by atoms with Crippen LogP contribution in [0.4, 0.5) is 52.2 Å². The third-order valence-corrected chi connectivity index (χ3v) is 10.4. The fourth-order valence-electron chi connectivity index (χ4n) is 6.47. The number of piperazine rings is 2. The van der Waals surface area contributed by atoms with Crippen LogP contribution in [-0.2, 0) is 22.2 Å². The Kier molecular flexibility index (Phi) is 12.1. The van der Waals surface area contributed by atoms with Crippen LogP contribution in [0.2, 0.25) is 0 Å². The van der Waals surface area contributed by atoms with Gasteiger partial charge in [0.05, 0.1) is 39.1 Å². The van der Waals surface area contributed by atoms with Gasteiger partial charge in [0.25, 0.3) is 5.91 Å². The number of carbonyl (C=O) groups is 1. The Hall–Kier alpha value is -4.16. The largest absolute Gasteiger partial charge is 0.416 e. The van der Waals surface area contributed by atoms with Crippen molar-refractivity contribution in [1.29, 1.82) is 0 Å². The zero-order chi connectivity index (χ0) is 38.7. The van der Waals surface area contributed by atoms with Crippen molar-refractivity contribution in [2.75, 3.05) is 86.4 Å². The second kappa shape index (κ2) is 16.1. The van der Waals surface area contributed by atoms with Crippen LogP contribution in [-0.4, -0.2) is 102 Å². The summed E-state index contributed by atoms with van der Waals surface area (Å²) in [7, 11) is -3.58. The standard InChI is InChI=1S/C24H27F4N3O4S.C11H12F4N2/c1-36(34,35)18-5-7-21(31-8-2-3-17(32)15-31)19(14-18)23(33)30-11-9-29(10-12-30)22-6-4-16(13-20(22)25)24(26,27)28;12-9-7-8(11(13,14)15)1-2-10(9)17-5-3-16-4-6-17/h4-7,13-14,17,32H,2-3,8-12,15H2,1H3;1-2,7,16H,3-6H2. The summed E-state index contributed by atoms with van der Waals surface area (Å²) in [5.41, 5.74) is -1.03. The van der Waals surface area contributed by atoms with Gasteiger partial charge in [0.2, 0.25) is 0 Å². The van der Waals surface area contributed by atoms with Gasteiger partial charge < -0.3 is 30.0 Å². The SMILES string of the molecule is CS(=O)(=O)c1ccc(N2CCCC(O)C2)c(C(=O)N2CCN(c3ccc(C(F)(F)F)cc3F)CC2)c1.Fc1cc(C(F)(F)F)ccc1N1CCNCC1. The van der Waals surface area contributed by atoms with Crippen molar-refractivity contribution in [3.05, 3.63) is 82.9 Å². The molecule has 3 aromatic carbocycles. The highest BCUT2D eigenvalue weighted by Crippen LogP contribution is 2.34. The smallest absolute Gasteiger partial charge is 0.391 e. The quantitative estimate of drug-likeness (QED) is 0.332. The highest BCUT2D eigenvalue weighted by Gasteiger charge is 2.34. The Balaban J connectivity index is 0.000000265. The molecule has 1 amide bonds. The molecule has 0 saturated carbocycles. The van der Waals surface area contributed by atoms with Crippen molar-refractivity contribution in [3.63, 3.8) is 0 Å². The average Bonchev–Trinajstić information content (AvgIpc) is 3.10. The number of aliphatic hydroxyl groups is 1. The summed E-state index contributed by atoms with van der Waals surface area (Å²) < 4.78 is 128. The maximum atomic E-state index is 14.4. The van der Waals surface area contributed by atoms with E-state index in [2.05, 4.69) is 5.32 Å². The van der Waals surface area contributed by atoms with Crippen LogP contribution in [0.3, 0.4) is 0 Å². The highest BCUT2D eigenvalue weighted by atomic mass is 32.2. The molecule has 18 heteroatoms. The molecule has 2 N–H and O–H groups in total. The van der Waals surface area contributed by atoms with Gasteiger partial charge in [-0.05, 0) is 67.4 Å². The van der Waals surface area contributed by atoms with E-state index in [0.29, 0.717) is 63.5 Å². The molecule has 6 rings (SSSR count). The minimum Gasteiger partial charge on any atom is -0.391 e. The molecular formula is C35H39F8N5O4S. The molecule has 3 aliphatic heterocycles. The Morgan fingerprint density at radius 2 is 1.23 bits per heavy atom. The van der Waals surface area contributed by atoms with E-state index < -0.39 is 57.0 Å². The number of β-amino-alcohol motifs (C(OH)–C–C–N with tert-alkyl or cyclic N) is 1. The summed E-state index contributed by atoms with van der Waals surface area (Å²) >= 11 is 0. The summed E-state index contributed by atoms with van der Waals surface area (Å²) in [6.45, 7) is 4.27. The molecule has 0 radical (unpaired) electrons. The lowest BCUT2D eigenvalue weighted by Gasteiger charge is -2.38. The number of benzene rings is 3. The lowest BCUT2D eigenvalue weighted by Crippen LogP contribution is -2.49. The van der Waals surface area contributed by atoms with Crippen molar-refractivity contribution >= 4 is 32.8 Å². The van der Waals surface area contributed by atoms with Gasteiger partial charge in [-0.3, -0.25) is 4.79 Å². The number of aliphatic hydroxyl groups excluding tert-OH is 1. The monoisotopic (exact) mass is 777 g/mol. The van der Waals surface area contributed by atoms with E-state index in [9.17, 15) is 53.4 Å². The van der Waals surface area contributed by atoms with Gasteiger partial charge in [0.1, 0.15) is 11.6 Å². The molecule has 3 fully saturated rings. The first-order chi connectivity index (χ1) is 24.8. The van der Waals surface area contributed by atoms with Crippen LogP contribution >= 0.6 is 0 Å². The van der Waals surface area contributed by atoms with Gasteiger partial charge in [-0.2, -0.15) is 26.3 Å². The third kappa shape index (κ3) is 9.89. The number of sulfone groups is 1. The van der Waals surface area contributed by atoms with E-state index >= 15 is 0 Å². The molecule has 290 valence electrons. The molecule has 0 aliphatic carbocycles. The van der Waals surface area contributed by atoms with Gasteiger partial charge in [0.15, 0.2) is 9.84 Å². The number of hydrogen-bond donors (Lipinski definition) is 2. The molecule has 0 spiro atoms. The number of nitrogens with one attached hydrogen (secondary N) is 1. The van der Waals surface area contributed by atoms with Gasteiger partial charge in [-0.15, -0.1) is 0 Å². The second-order valence-electron chi connectivity index (χ2n) is 13.0. The molecule has 9 nitrogen and oxygen atoms in total. The predicted molar refractivity (Wildman–Crippen MR) is 183 cm³/mol. The lowest BCUT2D eigenvalue weighted by molar-refractivity contribution is -0.138. The second-order valence-corrected chi connectivity index (χ2v) is 15.1. The van der Waals surface area contributed by atoms with Crippen LogP contribution in [0, 0.1) is 11.6 Å². The van der Waals surface area contributed by atoms with E-state index in [0.717, 1.165) is 30.9 Å². The van der Waals surface area contributed by atoms with E-state index in [1.807, 2.05) is 4.90 Å². The van der Waals surface area contributed by atoms with Gasteiger partial charge in [-0.1, -0.05) is 0 Å². The Labute approximate surface area is 301 Å². The first-order valence-corrected chi connectivity index (χ1v) is 18.7. The summed E-state index contributed by atoms with van der Waals surface area (Å²) in [5, 5.41) is 13.2. The average molecular weight is 778 g/mol. The summed E-state index contributed by atoms with van der Waals surface area (Å²) in [4.78, 5) is 20.2. The zero-order valence-electron chi connectivity index (χ0n) is 28.7. The number of amides is 1. The van der Waals surface area contributed by atoms with Crippen molar-refractivity contribution < 1.29 is 53.4 Å². The number of hydrogen-bond acceptors (Lipinski definition) is 8. The number of piperidine rings is 1. The van der Waals surface area contributed by atoms with Crippen LogP contribution in [0.25, 0.3) is 0 Å². The first-order valence-electron chi connectivity index (χ1n) is 16.8. The Morgan fingerprint density at radius 1 is 0.717 bits per heavy atom. The Bertz CT molecular complexity index is 1880. The minimum absolute atomic E-state index is 0.00220. The fraction of sp³-hybridized carbons (Fsp3) is 0.457. The van der Waals surface area contributed by atoms with Gasteiger partial charge in [0, 0.05) is 77.4 Å². The molecule has 1 atom stereocenters. The summed E-state index contributed by atoms with van der Waals surface area (Å²) in [5.74, 6) is -2.21. The van der Waals surface area contributed by atoms with E-state index in [1.54, 1.807) is 15.9 Å². The Morgan fingerprint density at radius 3 is 1.70 bits per heavy atom. The summed E-state index contributed by atoms with van der Waals surface area (Å²) in [6.07, 6.45) is -7.28. The highest BCUT2D eigenvalue weighted by molar-refractivity contribution is 7.90. The van der Waals surface area contributed by atoms with Gasteiger partial charge >= 0.3 is 12.4 Å². The van der Waals surface area contributed by atoms with E-state index in [-0.39, 0.29) is 48.0 Å². The molecule has 3 aromatic rings. The van der Waals surface area contributed by atoms with Crippen molar-refractivity contribution in [2.24, 2.45) is 0 Å². The molecular weight excluding hydrogens is 738 g/mol.